The maximum atomic E-state index is 13.6. The van der Waals surface area contributed by atoms with Gasteiger partial charge in [0.05, 0.1) is 18.2 Å². The van der Waals surface area contributed by atoms with Crippen LogP contribution in [0.1, 0.15) is 44.6 Å². The van der Waals surface area contributed by atoms with Gasteiger partial charge >= 0.3 is 0 Å². The standard InChI is InChI=1S/C16H20FNO/c1-2-12-3-5-13(6-4-12)11-19-16-8-7-14(10-18)9-15(16)17/h7-9,12-13H,2-6,11H2,1H3/t12-,13-. The van der Waals surface area contributed by atoms with Gasteiger partial charge in [-0.1, -0.05) is 26.2 Å². The molecular weight excluding hydrogens is 241 g/mol. The first kappa shape index (κ1) is 13.9. The van der Waals surface area contributed by atoms with Crippen molar-refractivity contribution in [2.75, 3.05) is 6.61 Å². The molecule has 0 amide bonds. The predicted octanol–water partition coefficient (Wildman–Crippen LogP) is 4.29. The number of nitrogens with zero attached hydrogens (tertiary/aromatic N) is 1. The van der Waals surface area contributed by atoms with Gasteiger partial charge in [0.25, 0.3) is 0 Å². The van der Waals surface area contributed by atoms with Gasteiger partial charge in [0.1, 0.15) is 0 Å². The summed E-state index contributed by atoms with van der Waals surface area (Å²) in [5, 5.41) is 8.68. The van der Waals surface area contributed by atoms with Gasteiger partial charge in [-0.05, 0) is 42.9 Å². The maximum Gasteiger partial charge on any atom is 0.166 e. The van der Waals surface area contributed by atoms with Crippen LogP contribution in [-0.4, -0.2) is 6.61 Å². The van der Waals surface area contributed by atoms with Crippen molar-refractivity contribution in [3.63, 3.8) is 0 Å². The van der Waals surface area contributed by atoms with Crippen LogP contribution in [0.15, 0.2) is 18.2 Å². The SMILES string of the molecule is CC[C@H]1CC[C@H](COc2ccc(C#N)cc2F)CC1. The molecule has 2 rings (SSSR count). The van der Waals surface area contributed by atoms with Crippen LogP contribution in [0.5, 0.6) is 5.75 Å². The highest BCUT2D eigenvalue weighted by Gasteiger charge is 2.20. The van der Waals surface area contributed by atoms with Gasteiger partial charge in [-0.2, -0.15) is 5.26 Å². The molecule has 1 aliphatic rings. The molecular formula is C16H20FNO. The minimum atomic E-state index is -0.443. The van der Waals surface area contributed by atoms with Crippen LogP contribution < -0.4 is 4.74 Å². The number of halogens is 1. The zero-order valence-corrected chi connectivity index (χ0v) is 11.4. The molecule has 102 valence electrons. The van der Waals surface area contributed by atoms with Crippen LogP contribution in [0.2, 0.25) is 0 Å². The summed E-state index contributed by atoms with van der Waals surface area (Å²) >= 11 is 0. The molecule has 0 N–H and O–H groups in total. The average Bonchev–Trinajstić information content (AvgIpc) is 2.46. The fourth-order valence-electron chi connectivity index (χ4n) is 2.70. The number of ether oxygens (including phenoxy) is 1. The summed E-state index contributed by atoms with van der Waals surface area (Å²) in [6.07, 6.45) is 6.14. The van der Waals surface area contributed by atoms with E-state index in [9.17, 15) is 4.39 Å². The molecule has 1 fully saturated rings. The summed E-state index contributed by atoms with van der Waals surface area (Å²) in [5.41, 5.74) is 0.327. The lowest BCUT2D eigenvalue weighted by atomic mass is 9.81. The Labute approximate surface area is 114 Å². The second-order valence-corrected chi connectivity index (χ2v) is 5.36. The van der Waals surface area contributed by atoms with Crippen LogP contribution in [0.3, 0.4) is 0 Å². The van der Waals surface area contributed by atoms with E-state index in [1.165, 1.54) is 38.2 Å². The summed E-state index contributed by atoms with van der Waals surface area (Å²) in [6, 6.07) is 6.28. The zero-order valence-electron chi connectivity index (χ0n) is 11.4. The monoisotopic (exact) mass is 261 g/mol. The van der Waals surface area contributed by atoms with E-state index in [1.807, 2.05) is 6.07 Å². The van der Waals surface area contributed by atoms with Gasteiger partial charge in [-0.3, -0.25) is 0 Å². The third kappa shape index (κ3) is 3.70. The second-order valence-electron chi connectivity index (χ2n) is 5.36. The molecule has 3 heteroatoms. The van der Waals surface area contributed by atoms with E-state index in [2.05, 4.69) is 6.92 Å². The Kier molecular flexibility index (Phi) is 4.79. The topological polar surface area (TPSA) is 33.0 Å². The number of hydrogen-bond donors (Lipinski definition) is 0. The average molecular weight is 261 g/mol. The van der Waals surface area contributed by atoms with Gasteiger partial charge in [0.15, 0.2) is 11.6 Å². The van der Waals surface area contributed by atoms with Crippen molar-refractivity contribution in [3.8, 4) is 11.8 Å². The maximum absolute atomic E-state index is 13.6. The molecule has 1 aromatic carbocycles. The third-order valence-corrected chi connectivity index (χ3v) is 4.08. The predicted molar refractivity (Wildman–Crippen MR) is 72.3 cm³/mol. The Morgan fingerprint density at radius 3 is 2.53 bits per heavy atom. The lowest BCUT2D eigenvalue weighted by Crippen LogP contribution is -2.20. The molecule has 1 aromatic rings. The Bertz CT molecular complexity index is 458. The first-order chi connectivity index (χ1) is 9.22. The first-order valence-corrected chi connectivity index (χ1v) is 7.05. The van der Waals surface area contributed by atoms with Gasteiger partial charge in [-0.15, -0.1) is 0 Å². The van der Waals surface area contributed by atoms with E-state index in [1.54, 1.807) is 12.1 Å². The van der Waals surface area contributed by atoms with Gasteiger partial charge < -0.3 is 4.74 Å². The van der Waals surface area contributed by atoms with Crippen LogP contribution in [-0.2, 0) is 0 Å². The van der Waals surface area contributed by atoms with Crippen LogP contribution in [0, 0.1) is 29.0 Å². The smallest absolute Gasteiger partial charge is 0.166 e. The van der Waals surface area contributed by atoms with E-state index in [-0.39, 0.29) is 5.75 Å². The van der Waals surface area contributed by atoms with Crippen molar-refractivity contribution < 1.29 is 9.13 Å². The van der Waals surface area contributed by atoms with Gasteiger partial charge in [-0.25, -0.2) is 4.39 Å². The fraction of sp³-hybridized carbons (Fsp3) is 0.562. The third-order valence-electron chi connectivity index (χ3n) is 4.08. The van der Waals surface area contributed by atoms with Crippen molar-refractivity contribution in [1.29, 1.82) is 5.26 Å². The van der Waals surface area contributed by atoms with Crippen molar-refractivity contribution in [3.05, 3.63) is 29.6 Å². The molecule has 2 nitrogen and oxygen atoms in total. The molecule has 0 saturated heterocycles. The summed E-state index contributed by atoms with van der Waals surface area (Å²) in [4.78, 5) is 0. The molecule has 0 radical (unpaired) electrons. The lowest BCUT2D eigenvalue weighted by molar-refractivity contribution is 0.176. The van der Waals surface area contributed by atoms with E-state index in [0.717, 1.165) is 5.92 Å². The van der Waals surface area contributed by atoms with E-state index in [4.69, 9.17) is 10.00 Å². The summed E-state index contributed by atoms with van der Waals surface area (Å²) in [7, 11) is 0. The molecule has 0 spiro atoms. The van der Waals surface area contributed by atoms with Crippen LogP contribution >= 0.6 is 0 Å². The molecule has 0 unspecified atom stereocenters. The molecule has 0 bridgehead atoms. The summed E-state index contributed by atoms with van der Waals surface area (Å²) in [5.74, 6) is 1.22. The lowest BCUT2D eigenvalue weighted by Gasteiger charge is -2.27. The molecule has 19 heavy (non-hydrogen) atoms. The van der Waals surface area contributed by atoms with Crippen molar-refractivity contribution >= 4 is 0 Å². The highest BCUT2D eigenvalue weighted by molar-refractivity contribution is 5.35. The van der Waals surface area contributed by atoms with Crippen molar-refractivity contribution in [2.24, 2.45) is 11.8 Å². The number of rotatable bonds is 4. The highest BCUT2D eigenvalue weighted by atomic mass is 19.1. The summed E-state index contributed by atoms with van der Waals surface area (Å²) < 4.78 is 19.2. The zero-order chi connectivity index (χ0) is 13.7. The largest absolute Gasteiger partial charge is 0.490 e. The Hall–Kier alpha value is -1.56. The Morgan fingerprint density at radius 2 is 1.95 bits per heavy atom. The van der Waals surface area contributed by atoms with Crippen LogP contribution in [0.25, 0.3) is 0 Å². The van der Waals surface area contributed by atoms with Crippen LogP contribution in [0.4, 0.5) is 4.39 Å². The normalized spacial score (nSPS) is 22.8. The van der Waals surface area contributed by atoms with Crippen molar-refractivity contribution in [1.82, 2.24) is 0 Å². The molecule has 1 aliphatic carbocycles. The van der Waals surface area contributed by atoms with Gasteiger partial charge in [0, 0.05) is 0 Å². The highest BCUT2D eigenvalue weighted by Crippen LogP contribution is 2.31. The van der Waals surface area contributed by atoms with E-state index in [0.29, 0.717) is 18.1 Å². The van der Waals surface area contributed by atoms with E-state index >= 15 is 0 Å². The van der Waals surface area contributed by atoms with Crippen molar-refractivity contribution in [2.45, 2.75) is 39.0 Å². The molecule has 0 atom stereocenters. The number of benzene rings is 1. The minimum Gasteiger partial charge on any atom is -0.490 e. The summed E-state index contributed by atoms with van der Waals surface area (Å²) in [6.45, 7) is 2.83. The van der Waals surface area contributed by atoms with E-state index < -0.39 is 5.82 Å². The Morgan fingerprint density at radius 1 is 1.26 bits per heavy atom. The minimum absolute atomic E-state index is 0.261. The molecule has 1 saturated carbocycles. The quantitative estimate of drug-likeness (QED) is 0.809. The Balaban J connectivity index is 1.85. The molecule has 0 aromatic heterocycles. The number of nitriles is 1. The first-order valence-electron chi connectivity index (χ1n) is 7.05. The molecule has 0 aliphatic heterocycles. The fourth-order valence-corrected chi connectivity index (χ4v) is 2.70. The molecule has 0 heterocycles. The number of hydrogen-bond acceptors (Lipinski definition) is 2. The second kappa shape index (κ2) is 6.56. The van der Waals surface area contributed by atoms with Gasteiger partial charge in [0.2, 0.25) is 0 Å².